The van der Waals surface area contributed by atoms with Gasteiger partial charge in [0.05, 0.1) is 12.2 Å². The molecule has 0 radical (unpaired) electrons. The third-order valence-electron chi connectivity index (χ3n) is 3.15. The summed E-state index contributed by atoms with van der Waals surface area (Å²) in [4.78, 5) is 18.4. The molecule has 0 aromatic carbocycles. The van der Waals surface area contributed by atoms with E-state index in [1.807, 2.05) is 0 Å². The smallest absolute Gasteiger partial charge is 0.347 e. The molecular formula is C13H20N2O2S. The van der Waals surface area contributed by atoms with Crippen molar-refractivity contribution >= 4 is 17.3 Å². The van der Waals surface area contributed by atoms with Crippen molar-refractivity contribution in [3.8, 4) is 0 Å². The quantitative estimate of drug-likeness (QED) is 0.826. The zero-order valence-electron chi connectivity index (χ0n) is 11.0. The Bertz CT molecular complexity index is 427. The monoisotopic (exact) mass is 268 g/mol. The van der Waals surface area contributed by atoms with Crippen molar-refractivity contribution in [2.24, 2.45) is 0 Å². The molecule has 18 heavy (non-hydrogen) atoms. The lowest BCUT2D eigenvalue weighted by atomic mass is 10.2. The summed E-state index contributed by atoms with van der Waals surface area (Å²) in [5, 5.41) is 10.1. The molecule has 1 heterocycles. The maximum absolute atomic E-state index is 11.2. The molecule has 0 aliphatic heterocycles. The first-order valence-corrected chi connectivity index (χ1v) is 7.35. The lowest BCUT2D eigenvalue weighted by molar-refractivity contribution is 0.0700. The predicted octanol–water partition coefficient (Wildman–Crippen LogP) is 2.95. The first kappa shape index (κ1) is 13.5. The summed E-state index contributed by atoms with van der Waals surface area (Å²) in [6.45, 7) is 3.97. The summed E-state index contributed by atoms with van der Waals surface area (Å²) in [7, 11) is 2.06. The van der Waals surface area contributed by atoms with Crippen molar-refractivity contribution in [2.75, 3.05) is 13.6 Å². The number of aromatic carboxylic acids is 1. The van der Waals surface area contributed by atoms with Crippen LogP contribution >= 0.6 is 11.3 Å². The lowest BCUT2D eigenvalue weighted by Crippen LogP contribution is -2.18. The molecule has 5 heteroatoms. The van der Waals surface area contributed by atoms with Gasteiger partial charge in [-0.2, -0.15) is 0 Å². The van der Waals surface area contributed by atoms with Gasteiger partial charge in [0.25, 0.3) is 0 Å². The highest BCUT2D eigenvalue weighted by Gasteiger charge is 2.32. The minimum absolute atomic E-state index is 0.405. The summed E-state index contributed by atoms with van der Waals surface area (Å²) in [5.74, 6) is -0.418. The molecule has 2 rings (SSSR count). The summed E-state index contributed by atoms with van der Waals surface area (Å²) in [6.07, 6.45) is 4.53. The molecule has 1 aliphatic rings. The van der Waals surface area contributed by atoms with Gasteiger partial charge in [-0.05, 0) is 32.9 Å². The van der Waals surface area contributed by atoms with E-state index in [9.17, 15) is 9.90 Å². The van der Waals surface area contributed by atoms with Gasteiger partial charge in [0.15, 0.2) is 0 Å². The van der Waals surface area contributed by atoms with Crippen LogP contribution < -0.4 is 0 Å². The van der Waals surface area contributed by atoms with Crippen LogP contribution in [0, 0.1) is 0 Å². The molecule has 0 unspecified atom stereocenters. The Hall–Kier alpha value is -0.940. The number of thiazole rings is 1. The van der Waals surface area contributed by atoms with Crippen molar-refractivity contribution in [1.29, 1.82) is 0 Å². The van der Waals surface area contributed by atoms with Crippen LogP contribution in [0.3, 0.4) is 0 Å². The number of hydrogen-bond acceptors (Lipinski definition) is 4. The van der Waals surface area contributed by atoms with Crippen LogP contribution in [0.25, 0.3) is 0 Å². The van der Waals surface area contributed by atoms with E-state index in [0.29, 0.717) is 10.8 Å². The van der Waals surface area contributed by atoms with Crippen LogP contribution in [0.4, 0.5) is 0 Å². The maximum Gasteiger partial charge on any atom is 0.347 e. The van der Waals surface area contributed by atoms with Gasteiger partial charge in [-0.15, -0.1) is 11.3 Å². The Morgan fingerprint density at radius 2 is 2.28 bits per heavy atom. The first-order valence-electron chi connectivity index (χ1n) is 6.53. The average Bonchev–Trinajstić information content (AvgIpc) is 3.08. The highest BCUT2D eigenvalue weighted by molar-refractivity contribution is 7.13. The zero-order chi connectivity index (χ0) is 13.1. The Kier molecular flexibility index (Phi) is 4.35. The number of carboxylic acids is 1. The molecule has 0 spiro atoms. The van der Waals surface area contributed by atoms with Crippen molar-refractivity contribution in [3.05, 3.63) is 15.6 Å². The van der Waals surface area contributed by atoms with E-state index in [-0.39, 0.29) is 0 Å². The number of carbonyl (C=O) groups is 1. The van der Waals surface area contributed by atoms with Crippen LogP contribution in [-0.4, -0.2) is 34.6 Å². The zero-order valence-corrected chi connectivity index (χ0v) is 11.8. The molecule has 1 aromatic heterocycles. The third kappa shape index (κ3) is 3.29. The molecule has 4 nitrogen and oxygen atoms in total. The van der Waals surface area contributed by atoms with Gasteiger partial charge in [0, 0.05) is 5.92 Å². The fourth-order valence-electron chi connectivity index (χ4n) is 1.97. The van der Waals surface area contributed by atoms with E-state index in [2.05, 4.69) is 23.9 Å². The van der Waals surface area contributed by atoms with Crippen molar-refractivity contribution < 1.29 is 9.90 Å². The van der Waals surface area contributed by atoms with E-state index < -0.39 is 5.97 Å². The number of aromatic nitrogens is 1. The van der Waals surface area contributed by atoms with Gasteiger partial charge in [0.1, 0.15) is 9.88 Å². The third-order valence-corrected chi connectivity index (χ3v) is 4.20. The first-order chi connectivity index (χ1) is 8.61. The molecule has 1 saturated carbocycles. The Morgan fingerprint density at radius 3 is 2.83 bits per heavy atom. The van der Waals surface area contributed by atoms with E-state index in [4.69, 9.17) is 0 Å². The molecule has 1 fully saturated rings. The molecule has 1 aromatic rings. The van der Waals surface area contributed by atoms with Crippen LogP contribution in [0.5, 0.6) is 0 Å². The SMILES string of the molecule is CCCCN(C)Cc1nc(C2CC2)c(C(=O)O)s1. The Balaban J connectivity index is 2.04. The molecule has 0 atom stereocenters. The van der Waals surface area contributed by atoms with E-state index in [1.54, 1.807) is 0 Å². The largest absolute Gasteiger partial charge is 0.477 e. The number of rotatable bonds is 7. The average molecular weight is 268 g/mol. The van der Waals surface area contributed by atoms with E-state index in [0.717, 1.165) is 36.6 Å². The minimum Gasteiger partial charge on any atom is -0.477 e. The second-order valence-electron chi connectivity index (χ2n) is 4.99. The van der Waals surface area contributed by atoms with Gasteiger partial charge >= 0.3 is 5.97 Å². The predicted molar refractivity (Wildman–Crippen MR) is 72.3 cm³/mol. The van der Waals surface area contributed by atoms with Crippen molar-refractivity contribution in [2.45, 2.75) is 45.1 Å². The summed E-state index contributed by atoms with van der Waals surface area (Å²) >= 11 is 1.35. The van der Waals surface area contributed by atoms with Gasteiger partial charge < -0.3 is 5.11 Å². The second kappa shape index (κ2) is 5.80. The van der Waals surface area contributed by atoms with Crippen LogP contribution in [0.1, 0.15) is 58.9 Å². The molecule has 1 aliphatic carbocycles. The number of hydrogen-bond donors (Lipinski definition) is 1. The minimum atomic E-state index is -0.822. The van der Waals surface area contributed by atoms with Gasteiger partial charge in [-0.3, -0.25) is 4.90 Å². The molecule has 0 saturated heterocycles. The standard InChI is InChI=1S/C13H20N2O2S/c1-3-4-7-15(2)8-10-14-11(9-5-6-9)12(18-10)13(16)17/h9H,3-8H2,1-2H3,(H,16,17). The molecule has 1 N–H and O–H groups in total. The maximum atomic E-state index is 11.2. The highest BCUT2D eigenvalue weighted by Crippen LogP contribution is 2.42. The normalized spacial score (nSPS) is 15.3. The van der Waals surface area contributed by atoms with Gasteiger partial charge in [-0.1, -0.05) is 13.3 Å². The van der Waals surface area contributed by atoms with Crippen LogP contribution in [0.2, 0.25) is 0 Å². The number of nitrogens with zero attached hydrogens (tertiary/aromatic N) is 2. The number of carboxylic acid groups (broad SMARTS) is 1. The van der Waals surface area contributed by atoms with Crippen LogP contribution in [-0.2, 0) is 6.54 Å². The van der Waals surface area contributed by atoms with E-state index in [1.165, 1.54) is 24.2 Å². The Morgan fingerprint density at radius 1 is 1.56 bits per heavy atom. The Labute approximate surface area is 112 Å². The topological polar surface area (TPSA) is 53.4 Å². The van der Waals surface area contributed by atoms with E-state index >= 15 is 0 Å². The fraction of sp³-hybridized carbons (Fsp3) is 0.692. The summed E-state index contributed by atoms with van der Waals surface area (Å²) in [6, 6.07) is 0. The second-order valence-corrected chi connectivity index (χ2v) is 6.08. The summed E-state index contributed by atoms with van der Waals surface area (Å²) < 4.78 is 0. The highest BCUT2D eigenvalue weighted by atomic mass is 32.1. The molecule has 0 amide bonds. The van der Waals surface area contributed by atoms with Crippen LogP contribution in [0.15, 0.2) is 0 Å². The molecule has 100 valence electrons. The molecule has 0 bridgehead atoms. The van der Waals surface area contributed by atoms with Gasteiger partial charge in [-0.25, -0.2) is 9.78 Å². The fourth-order valence-corrected chi connectivity index (χ4v) is 3.04. The van der Waals surface area contributed by atoms with Gasteiger partial charge in [0.2, 0.25) is 0 Å². The number of unbranched alkanes of at least 4 members (excludes halogenated alkanes) is 1. The summed E-state index contributed by atoms with van der Waals surface area (Å²) in [5.41, 5.74) is 0.825. The van der Waals surface area contributed by atoms with Crippen molar-refractivity contribution in [1.82, 2.24) is 9.88 Å². The van der Waals surface area contributed by atoms with Crippen molar-refractivity contribution in [3.63, 3.8) is 0 Å². The lowest BCUT2D eigenvalue weighted by Gasteiger charge is -2.13. The molecular weight excluding hydrogens is 248 g/mol.